The van der Waals surface area contributed by atoms with Gasteiger partial charge in [0.2, 0.25) is 0 Å². The van der Waals surface area contributed by atoms with Gasteiger partial charge in [0.05, 0.1) is 19.8 Å². The highest BCUT2D eigenvalue weighted by atomic mass is 16.5. The van der Waals surface area contributed by atoms with Crippen molar-refractivity contribution in [1.82, 2.24) is 0 Å². The van der Waals surface area contributed by atoms with Gasteiger partial charge in [-0.15, -0.1) is 0 Å². The first kappa shape index (κ1) is 26.2. The highest BCUT2D eigenvalue weighted by molar-refractivity contribution is 5.77. The Morgan fingerprint density at radius 3 is 1.94 bits per heavy atom. The second kappa shape index (κ2) is 14.2. The number of benzene rings is 2. The predicted molar refractivity (Wildman–Crippen MR) is 128 cm³/mol. The lowest BCUT2D eigenvalue weighted by Crippen LogP contribution is -2.06. The summed E-state index contributed by atoms with van der Waals surface area (Å²) in [5.74, 6) is 0.343. The fourth-order valence-electron chi connectivity index (χ4n) is 3.52. The lowest BCUT2D eigenvalue weighted by Gasteiger charge is -2.16. The van der Waals surface area contributed by atoms with E-state index in [1.54, 1.807) is 19.9 Å². The zero-order chi connectivity index (χ0) is 24.1. The molecule has 0 unspecified atom stereocenters. The van der Waals surface area contributed by atoms with Crippen molar-refractivity contribution in [2.45, 2.75) is 65.7 Å². The molecule has 0 fully saturated rings. The van der Waals surface area contributed by atoms with Crippen molar-refractivity contribution in [1.29, 1.82) is 0 Å². The van der Waals surface area contributed by atoms with Gasteiger partial charge in [0, 0.05) is 24.0 Å². The van der Waals surface area contributed by atoms with Gasteiger partial charge in [-0.1, -0.05) is 31.9 Å². The molecule has 2 rings (SSSR count). The van der Waals surface area contributed by atoms with Crippen LogP contribution in [-0.2, 0) is 31.9 Å². The number of carbonyl (C=O) groups is 2. The lowest BCUT2D eigenvalue weighted by atomic mass is 9.96. The smallest absolute Gasteiger partial charge is 0.306 e. The quantitative estimate of drug-likeness (QED) is 0.293. The Morgan fingerprint density at radius 2 is 1.36 bits per heavy atom. The van der Waals surface area contributed by atoms with Crippen LogP contribution in [0.25, 0.3) is 11.1 Å². The van der Waals surface area contributed by atoms with E-state index in [1.165, 1.54) is 0 Å². The van der Waals surface area contributed by atoms with Gasteiger partial charge in [0.15, 0.2) is 0 Å². The largest absolute Gasteiger partial charge is 0.507 e. The zero-order valence-electron chi connectivity index (χ0n) is 20.0. The molecule has 2 aromatic rings. The van der Waals surface area contributed by atoms with Crippen molar-refractivity contribution in [3.8, 4) is 22.6 Å². The number of carbonyl (C=O) groups excluding carboxylic acids is 2. The number of aryl methyl sites for hydroxylation is 2. The molecule has 0 atom stereocenters. The average molecular weight is 457 g/mol. The van der Waals surface area contributed by atoms with Gasteiger partial charge in [-0.2, -0.15) is 0 Å². The first-order valence-electron chi connectivity index (χ1n) is 11.9. The molecule has 0 amide bonds. The highest BCUT2D eigenvalue weighted by Crippen LogP contribution is 2.38. The summed E-state index contributed by atoms with van der Waals surface area (Å²) < 4.78 is 16.1. The number of unbranched alkanes of at least 4 members (excludes halogenated alkanes) is 2. The van der Waals surface area contributed by atoms with E-state index in [2.05, 4.69) is 6.92 Å². The Balaban J connectivity index is 2.30. The summed E-state index contributed by atoms with van der Waals surface area (Å²) in [6.45, 7) is 7.03. The lowest BCUT2D eigenvalue weighted by molar-refractivity contribution is -0.144. The Labute approximate surface area is 196 Å². The van der Waals surface area contributed by atoms with Crippen LogP contribution in [0.4, 0.5) is 0 Å². The van der Waals surface area contributed by atoms with Gasteiger partial charge in [-0.3, -0.25) is 9.59 Å². The minimum Gasteiger partial charge on any atom is -0.507 e. The number of phenols is 1. The number of ether oxygens (including phenoxy) is 3. The molecule has 0 bridgehead atoms. The summed E-state index contributed by atoms with van der Waals surface area (Å²) >= 11 is 0. The monoisotopic (exact) mass is 456 g/mol. The molecule has 0 aliphatic carbocycles. The van der Waals surface area contributed by atoms with Crippen LogP contribution in [0.1, 0.15) is 64.0 Å². The summed E-state index contributed by atoms with van der Waals surface area (Å²) in [5.41, 5.74) is 3.28. The van der Waals surface area contributed by atoms with Gasteiger partial charge in [0.25, 0.3) is 0 Å². The molecule has 0 saturated heterocycles. The van der Waals surface area contributed by atoms with Crippen LogP contribution >= 0.6 is 0 Å². The third-order valence-corrected chi connectivity index (χ3v) is 5.25. The Hall–Kier alpha value is -3.02. The number of hydrogen-bond donors (Lipinski definition) is 1. The van der Waals surface area contributed by atoms with Crippen LogP contribution < -0.4 is 4.74 Å². The molecule has 180 valence electrons. The molecule has 0 radical (unpaired) electrons. The van der Waals surface area contributed by atoms with Crippen LogP contribution in [0.3, 0.4) is 0 Å². The standard InChI is InChI=1S/C27H36O6/c1-4-7-8-17-33-25-14-10-21(12-16-27(30)32-6-3)19-23(25)22-18-20(9-13-24(22)28)11-15-26(29)31-5-2/h9-10,13-14,18-19,28H,4-8,11-12,15-17H2,1-3H3. The molecule has 33 heavy (non-hydrogen) atoms. The van der Waals surface area contributed by atoms with Gasteiger partial charge >= 0.3 is 11.9 Å². The Bertz CT molecular complexity index is 905. The van der Waals surface area contributed by atoms with E-state index >= 15 is 0 Å². The molecule has 1 N–H and O–H groups in total. The van der Waals surface area contributed by atoms with E-state index < -0.39 is 0 Å². The first-order valence-corrected chi connectivity index (χ1v) is 11.9. The summed E-state index contributed by atoms with van der Waals surface area (Å²) in [7, 11) is 0. The van der Waals surface area contributed by atoms with E-state index in [4.69, 9.17) is 14.2 Å². The van der Waals surface area contributed by atoms with E-state index in [-0.39, 0.29) is 30.5 Å². The number of esters is 2. The minimum absolute atomic E-state index is 0.135. The highest BCUT2D eigenvalue weighted by Gasteiger charge is 2.14. The van der Waals surface area contributed by atoms with Crippen molar-refractivity contribution in [3.05, 3.63) is 47.5 Å². The maximum atomic E-state index is 11.8. The van der Waals surface area contributed by atoms with Gasteiger partial charge in [-0.25, -0.2) is 0 Å². The molecule has 6 heteroatoms. The number of rotatable bonds is 14. The maximum Gasteiger partial charge on any atom is 0.306 e. The predicted octanol–water partition coefficient (Wildman–Crippen LogP) is 5.62. The fraction of sp³-hybridized carbons (Fsp3) is 0.481. The SMILES string of the molecule is CCCCCOc1ccc(CCC(=O)OCC)cc1-c1cc(CCC(=O)OCC)ccc1O. The van der Waals surface area contributed by atoms with Crippen LogP contribution in [0.2, 0.25) is 0 Å². The number of aromatic hydroxyl groups is 1. The van der Waals surface area contributed by atoms with Gasteiger partial charge in [-0.05, 0) is 68.5 Å². The van der Waals surface area contributed by atoms with Crippen LogP contribution in [-0.4, -0.2) is 36.9 Å². The second-order valence-corrected chi connectivity index (χ2v) is 7.85. The van der Waals surface area contributed by atoms with Gasteiger partial charge in [0.1, 0.15) is 11.5 Å². The van der Waals surface area contributed by atoms with Crippen molar-refractivity contribution < 1.29 is 28.9 Å². The molecule has 0 aliphatic heterocycles. The van der Waals surface area contributed by atoms with E-state index in [0.29, 0.717) is 44.0 Å². The van der Waals surface area contributed by atoms with Crippen molar-refractivity contribution in [2.75, 3.05) is 19.8 Å². The van der Waals surface area contributed by atoms with E-state index in [9.17, 15) is 14.7 Å². The Kier molecular flexibility index (Phi) is 11.3. The fourth-order valence-corrected chi connectivity index (χ4v) is 3.52. The summed E-state index contributed by atoms with van der Waals surface area (Å²) in [6.07, 6.45) is 4.75. The van der Waals surface area contributed by atoms with Crippen molar-refractivity contribution in [3.63, 3.8) is 0 Å². The topological polar surface area (TPSA) is 82.1 Å². The molecule has 0 aromatic heterocycles. The summed E-state index contributed by atoms with van der Waals surface area (Å²) in [4.78, 5) is 23.5. The van der Waals surface area contributed by atoms with Crippen LogP contribution in [0.15, 0.2) is 36.4 Å². The van der Waals surface area contributed by atoms with Crippen molar-refractivity contribution >= 4 is 11.9 Å². The van der Waals surface area contributed by atoms with Crippen LogP contribution in [0, 0.1) is 0 Å². The molecule has 2 aromatic carbocycles. The van der Waals surface area contributed by atoms with E-state index in [0.717, 1.165) is 36.0 Å². The molecular formula is C27H36O6. The van der Waals surface area contributed by atoms with E-state index in [1.807, 2.05) is 30.3 Å². The zero-order valence-corrected chi connectivity index (χ0v) is 20.0. The first-order chi connectivity index (χ1) is 16.0. The number of hydrogen-bond acceptors (Lipinski definition) is 6. The molecular weight excluding hydrogens is 420 g/mol. The maximum absolute atomic E-state index is 11.8. The summed E-state index contributed by atoms with van der Waals surface area (Å²) in [6, 6.07) is 11.1. The molecule has 0 heterocycles. The third kappa shape index (κ3) is 8.79. The molecule has 6 nitrogen and oxygen atoms in total. The molecule has 0 spiro atoms. The number of phenolic OH excluding ortho intramolecular Hbond substituents is 1. The second-order valence-electron chi connectivity index (χ2n) is 7.85. The van der Waals surface area contributed by atoms with Gasteiger partial charge < -0.3 is 19.3 Å². The molecule has 0 aliphatic rings. The van der Waals surface area contributed by atoms with Crippen LogP contribution in [0.5, 0.6) is 11.5 Å². The minimum atomic E-state index is -0.243. The summed E-state index contributed by atoms with van der Waals surface area (Å²) in [5, 5.41) is 10.6. The molecule has 0 saturated carbocycles. The van der Waals surface area contributed by atoms with Crippen molar-refractivity contribution in [2.24, 2.45) is 0 Å². The Morgan fingerprint density at radius 1 is 0.788 bits per heavy atom. The third-order valence-electron chi connectivity index (χ3n) is 5.25. The normalized spacial score (nSPS) is 10.6. The average Bonchev–Trinajstić information content (AvgIpc) is 2.81.